The number of hydrogen-bond acceptors (Lipinski definition) is 5. The first-order valence-corrected chi connectivity index (χ1v) is 9.77. The lowest BCUT2D eigenvalue weighted by Crippen LogP contribution is -2.06. The first-order valence-electron chi connectivity index (χ1n) is 9.77. The summed E-state index contributed by atoms with van der Waals surface area (Å²) in [5.41, 5.74) is 4.57. The molecule has 0 unspecified atom stereocenters. The van der Waals surface area contributed by atoms with Gasteiger partial charge in [0.25, 0.3) is 0 Å². The molecule has 2 N–H and O–H groups in total. The molecule has 0 aliphatic carbocycles. The number of fused-ring (bicyclic) bond motifs is 1. The second-order valence-electron chi connectivity index (χ2n) is 6.85. The van der Waals surface area contributed by atoms with Crippen LogP contribution in [0.15, 0.2) is 97.3 Å². The van der Waals surface area contributed by atoms with Gasteiger partial charge in [-0.2, -0.15) is 9.97 Å². The molecular formula is C24H20N6. The lowest BCUT2D eigenvalue weighted by atomic mass is 10.2. The lowest BCUT2D eigenvalue weighted by Gasteiger charge is -2.11. The Bertz CT molecular complexity index is 1250. The molecule has 0 atom stereocenters. The van der Waals surface area contributed by atoms with Gasteiger partial charge in [0.05, 0.1) is 0 Å². The summed E-state index contributed by atoms with van der Waals surface area (Å²) in [4.78, 5) is 14.1. The Hall–Kier alpha value is -4.19. The fourth-order valence-corrected chi connectivity index (χ4v) is 3.29. The first kappa shape index (κ1) is 17.9. The molecule has 2 aromatic heterocycles. The molecule has 0 bridgehead atoms. The highest BCUT2D eigenvalue weighted by Gasteiger charge is 2.14. The second kappa shape index (κ2) is 8.05. The standard InChI is InChI=1S/C24H20N6/c1-4-10-18(11-5-1)16-25-22-21-23(30(17-26-21)20-14-8-3-9-15-20)29-24(28-22)27-19-12-6-2-7-13-19/h1-15,17H,16H2,(H2,25,27,28,29). The maximum atomic E-state index is 4.76. The minimum absolute atomic E-state index is 0.516. The Balaban J connectivity index is 1.57. The van der Waals surface area contributed by atoms with Gasteiger partial charge >= 0.3 is 0 Å². The molecule has 5 rings (SSSR count). The van der Waals surface area contributed by atoms with Crippen molar-refractivity contribution in [2.24, 2.45) is 0 Å². The molecule has 0 aliphatic rings. The summed E-state index contributed by atoms with van der Waals surface area (Å²) in [6.45, 7) is 0.649. The number of hydrogen-bond donors (Lipinski definition) is 2. The molecule has 146 valence electrons. The highest BCUT2D eigenvalue weighted by atomic mass is 15.2. The third-order valence-corrected chi connectivity index (χ3v) is 4.76. The molecule has 30 heavy (non-hydrogen) atoms. The van der Waals surface area contributed by atoms with E-state index in [1.807, 2.05) is 83.4 Å². The Kier molecular flexibility index (Phi) is 4.79. The summed E-state index contributed by atoms with van der Waals surface area (Å²) in [6, 6.07) is 30.2. The molecule has 5 aromatic rings. The van der Waals surface area contributed by atoms with Gasteiger partial charge in [0, 0.05) is 17.9 Å². The van der Waals surface area contributed by atoms with E-state index in [2.05, 4.69) is 27.8 Å². The zero-order valence-corrected chi connectivity index (χ0v) is 16.2. The van der Waals surface area contributed by atoms with E-state index in [9.17, 15) is 0 Å². The zero-order chi connectivity index (χ0) is 20.2. The molecule has 6 nitrogen and oxygen atoms in total. The molecule has 2 heterocycles. The van der Waals surface area contributed by atoms with Crippen LogP contribution in [0.2, 0.25) is 0 Å². The van der Waals surface area contributed by atoms with E-state index >= 15 is 0 Å². The fraction of sp³-hybridized carbons (Fsp3) is 0.0417. The van der Waals surface area contributed by atoms with Crippen LogP contribution >= 0.6 is 0 Å². The van der Waals surface area contributed by atoms with E-state index < -0.39 is 0 Å². The maximum absolute atomic E-state index is 4.76. The number of aromatic nitrogens is 4. The second-order valence-corrected chi connectivity index (χ2v) is 6.85. The summed E-state index contributed by atoms with van der Waals surface area (Å²) in [5.74, 6) is 1.21. The molecule has 0 saturated heterocycles. The van der Waals surface area contributed by atoms with Crippen molar-refractivity contribution in [2.75, 3.05) is 10.6 Å². The van der Waals surface area contributed by atoms with Crippen molar-refractivity contribution in [3.05, 3.63) is 103 Å². The predicted octanol–water partition coefficient (Wildman–Crippen LogP) is 5.17. The van der Waals surface area contributed by atoms with Gasteiger partial charge in [0.15, 0.2) is 17.0 Å². The molecule has 0 amide bonds. The number of benzene rings is 3. The topological polar surface area (TPSA) is 67.7 Å². The van der Waals surface area contributed by atoms with Crippen LogP contribution in [0.1, 0.15) is 5.56 Å². The zero-order valence-electron chi connectivity index (χ0n) is 16.2. The molecular weight excluding hydrogens is 372 g/mol. The van der Waals surface area contributed by atoms with Crippen molar-refractivity contribution in [2.45, 2.75) is 6.54 Å². The number of nitrogens with zero attached hydrogens (tertiary/aromatic N) is 4. The molecule has 6 heteroatoms. The van der Waals surface area contributed by atoms with Crippen molar-refractivity contribution in [3.63, 3.8) is 0 Å². The third-order valence-electron chi connectivity index (χ3n) is 4.76. The van der Waals surface area contributed by atoms with Crippen molar-refractivity contribution < 1.29 is 0 Å². The van der Waals surface area contributed by atoms with Crippen LogP contribution in [-0.4, -0.2) is 19.5 Å². The molecule has 3 aromatic carbocycles. The van der Waals surface area contributed by atoms with E-state index in [4.69, 9.17) is 9.97 Å². The quantitative estimate of drug-likeness (QED) is 0.417. The van der Waals surface area contributed by atoms with Crippen LogP contribution in [0.5, 0.6) is 0 Å². The number of anilines is 3. The Morgan fingerprint density at radius 1 is 0.733 bits per heavy atom. The monoisotopic (exact) mass is 392 g/mol. The van der Waals surface area contributed by atoms with Crippen LogP contribution in [0.4, 0.5) is 17.5 Å². The Labute approximate surface area is 174 Å². The molecule has 0 spiro atoms. The average molecular weight is 392 g/mol. The first-order chi connectivity index (χ1) is 14.9. The highest BCUT2D eigenvalue weighted by molar-refractivity contribution is 5.86. The SMILES string of the molecule is c1ccc(CNc2nc(Nc3ccccc3)nc3c2ncn3-c2ccccc2)cc1. The maximum Gasteiger partial charge on any atom is 0.231 e. The summed E-state index contributed by atoms with van der Waals surface area (Å²) in [6.07, 6.45) is 1.79. The fourth-order valence-electron chi connectivity index (χ4n) is 3.29. The van der Waals surface area contributed by atoms with Crippen molar-refractivity contribution in [3.8, 4) is 5.69 Å². The summed E-state index contributed by atoms with van der Waals surface area (Å²) in [5, 5.41) is 6.73. The molecule has 0 aliphatic heterocycles. The van der Waals surface area contributed by atoms with Crippen molar-refractivity contribution in [1.82, 2.24) is 19.5 Å². The van der Waals surface area contributed by atoms with Gasteiger partial charge in [-0.05, 0) is 29.8 Å². The van der Waals surface area contributed by atoms with E-state index in [0.717, 1.165) is 22.5 Å². The van der Waals surface area contributed by atoms with Gasteiger partial charge in [0.1, 0.15) is 6.33 Å². The normalized spacial score (nSPS) is 10.8. The van der Waals surface area contributed by atoms with Gasteiger partial charge in [-0.25, -0.2) is 4.98 Å². The van der Waals surface area contributed by atoms with Gasteiger partial charge < -0.3 is 10.6 Å². The Morgan fingerprint density at radius 3 is 2.13 bits per heavy atom. The van der Waals surface area contributed by atoms with Crippen LogP contribution in [0, 0.1) is 0 Å². The minimum atomic E-state index is 0.516. The summed E-state index contributed by atoms with van der Waals surface area (Å²) >= 11 is 0. The van der Waals surface area contributed by atoms with Crippen LogP contribution in [0.25, 0.3) is 16.9 Å². The highest BCUT2D eigenvalue weighted by Crippen LogP contribution is 2.25. The van der Waals surface area contributed by atoms with Crippen molar-refractivity contribution in [1.29, 1.82) is 0 Å². The molecule has 0 fully saturated rings. The van der Waals surface area contributed by atoms with Crippen molar-refractivity contribution >= 4 is 28.6 Å². The average Bonchev–Trinajstić information content (AvgIpc) is 3.23. The number of imidazole rings is 1. The van der Waals surface area contributed by atoms with Crippen LogP contribution < -0.4 is 10.6 Å². The smallest absolute Gasteiger partial charge is 0.231 e. The number of rotatable bonds is 6. The van der Waals surface area contributed by atoms with Gasteiger partial charge in [-0.1, -0.05) is 66.7 Å². The van der Waals surface area contributed by atoms with Crippen LogP contribution in [-0.2, 0) is 6.54 Å². The van der Waals surface area contributed by atoms with E-state index in [1.54, 1.807) is 6.33 Å². The van der Waals surface area contributed by atoms with Gasteiger partial charge in [0.2, 0.25) is 5.95 Å². The predicted molar refractivity (Wildman–Crippen MR) is 120 cm³/mol. The van der Waals surface area contributed by atoms with E-state index in [0.29, 0.717) is 18.3 Å². The number of nitrogens with one attached hydrogen (secondary N) is 2. The third kappa shape index (κ3) is 3.71. The van der Waals surface area contributed by atoms with Gasteiger partial charge in [-0.15, -0.1) is 0 Å². The lowest BCUT2D eigenvalue weighted by molar-refractivity contribution is 1.06. The minimum Gasteiger partial charge on any atom is -0.364 e. The van der Waals surface area contributed by atoms with Crippen LogP contribution in [0.3, 0.4) is 0 Å². The Morgan fingerprint density at radius 2 is 1.40 bits per heavy atom. The van der Waals surface area contributed by atoms with E-state index in [-0.39, 0.29) is 0 Å². The van der Waals surface area contributed by atoms with Gasteiger partial charge in [-0.3, -0.25) is 4.57 Å². The summed E-state index contributed by atoms with van der Waals surface area (Å²) < 4.78 is 1.97. The molecule has 0 radical (unpaired) electrons. The van der Waals surface area contributed by atoms with E-state index in [1.165, 1.54) is 5.56 Å². The molecule has 0 saturated carbocycles. The summed E-state index contributed by atoms with van der Waals surface area (Å²) in [7, 11) is 0. The largest absolute Gasteiger partial charge is 0.364 e. The number of para-hydroxylation sites is 2.